The zero-order valence-corrected chi connectivity index (χ0v) is 10.7. The summed E-state index contributed by atoms with van der Waals surface area (Å²) < 4.78 is 13.0. The Morgan fingerprint density at radius 1 is 1.40 bits per heavy atom. The van der Waals surface area contributed by atoms with Crippen molar-refractivity contribution in [2.24, 2.45) is 0 Å². The maximum Gasteiger partial charge on any atom is 0.371 e. The molecule has 0 aromatic heterocycles. The molecule has 2 N–H and O–H groups in total. The molecule has 20 heavy (non-hydrogen) atoms. The summed E-state index contributed by atoms with van der Waals surface area (Å²) >= 11 is 0. The van der Waals surface area contributed by atoms with Crippen LogP contribution in [0.4, 0.5) is 4.39 Å². The Hall–Kier alpha value is -2.41. The Kier molecular flexibility index (Phi) is 5.67. The Morgan fingerprint density at radius 2 is 2.10 bits per heavy atom. The zero-order valence-electron chi connectivity index (χ0n) is 10.7. The number of carboxylic acid groups (broad SMARTS) is 1. The van der Waals surface area contributed by atoms with Crippen LogP contribution >= 0.6 is 0 Å². The Labute approximate surface area is 114 Å². The summed E-state index contributed by atoms with van der Waals surface area (Å²) in [4.78, 5) is 26.8. The van der Waals surface area contributed by atoms with E-state index in [0.717, 1.165) is 5.06 Å². The van der Waals surface area contributed by atoms with Crippen molar-refractivity contribution in [3.05, 3.63) is 47.5 Å². The van der Waals surface area contributed by atoms with Gasteiger partial charge in [-0.2, -0.15) is 0 Å². The summed E-state index contributed by atoms with van der Waals surface area (Å²) in [7, 11) is 1.23. The van der Waals surface area contributed by atoms with Gasteiger partial charge in [0.2, 0.25) is 5.76 Å². The van der Waals surface area contributed by atoms with Gasteiger partial charge in [-0.05, 0) is 24.1 Å². The highest BCUT2D eigenvalue weighted by atomic mass is 19.1. The van der Waals surface area contributed by atoms with E-state index in [4.69, 9.17) is 15.1 Å². The number of hydroxylamine groups is 2. The van der Waals surface area contributed by atoms with Gasteiger partial charge in [-0.15, -0.1) is 0 Å². The van der Waals surface area contributed by atoms with Crippen LogP contribution in [0, 0.1) is 5.82 Å². The number of rotatable bonds is 6. The molecule has 0 bridgehead atoms. The third-order valence-electron chi connectivity index (χ3n) is 2.44. The predicted octanol–water partition coefficient (Wildman–Crippen LogP) is 1.28. The SMILES string of the molecule is CON(CCc1cccc(F)c1)C(=O)/C=C(\O)C(=O)O. The number of carboxylic acids is 1. The van der Waals surface area contributed by atoms with Crippen LogP contribution in [-0.2, 0) is 20.8 Å². The number of amides is 1. The smallest absolute Gasteiger partial charge is 0.371 e. The Morgan fingerprint density at radius 3 is 2.65 bits per heavy atom. The van der Waals surface area contributed by atoms with Gasteiger partial charge in [0.25, 0.3) is 5.91 Å². The lowest BCUT2D eigenvalue weighted by Gasteiger charge is -2.17. The quantitative estimate of drug-likeness (QED) is 0.466. The average Bonchev–Trinajstić information content (AvgIpc) is 2.39. The molecule has 0 fully saturated rings. The van der Waals surface area contributed by atoms with Crippen LogP contribution in [0.15, 0.2) is 36.1 Å². The molecule has 1 amide bonds. The molecular formula is C13H14FNO5. The molecule has 0 saturated heterocycles. The van der Waals surface area contributed by atoms with Crippen molar-refractivity contribution in [3.63, 3.8) is 0 Å². The van der Waals surface area contributed by atoms with Crippen LogP contribution in [0.25, 0.3) is 0 Å². The first kappa shape index (κ1) is 15.6. The Bertz CT molecular complexity index is 529. The molecule has 1 aromatic carbocycles. The highest BCUT2D eigenvalue weighted by Crippen LogP contribution is 2.06. The summed E-state index contributed by atoms with van der Waals surface area (Å²) in [6.45, 7) is 0.0855. The van der Waals surface area contributed by atoms with Crippen LogP contribution in [0.1, 0.15) is 5.56 Å². The van der Waals surface area contributed by atoms with Crippen LogP contribution in [0.5, 0.6) is 0 Å². The van der Waals surface area contributed by atoms with E-state index in [0.29, 0.717) is 18.1 Å². The van der Waals surface area contributed by atoms with Crippen LogP contribution in [0.2, 0.25) is 0 Å². The van der Waals surface area contributed by atoms with Crippen molar-refractivity contribution in [1.82, 2.24) is 5.06 Å². The lowest BCUT2D eigenvalue weighted by molar-refractivity contribution is -0.170. The van der Waals surface area contributed by atoms with E-state index >= 15 is 0 Å². The average molecular weight is 283 g/mol. The molecule has 1 aromatic rings. The van der Waals surface area contributed by atoms with Crippen LogP contribution in [0.3, 0.4) is 0 Å². The lowest BCUT2D eigenvalue weighted by Crippen LogP contribution is -2.31. The highest BCUT2D eigenvalue weighted by molar-refractivity contribution is 5.95. The number of halogens is 1. The van der Waals surface area contributed by atoms with Gasteiger partial charge in [-0.1, -0.05) is 12.1 Å². The molecule has 0 spiro atoms. The number of carbonyl (C=O) groups is 2. The molecule has 6 nitrogen and oxygen atoms in total. The number of hydrogen-bond donors (Lipinski definition) is 2. The van der Waals surface area contributed by atoms with Gasteiger partial charge in [0.05, 0.1) is 19.7 Å². The number of aliphatic hydroxyl groups is 1. The number of nitrogens with zero attached hydrogens (tertiary/aromatic N) is 1. The van der Waals surface area contributed by atoms with Gasteiger partial charge in [-0.3, -0.25) is 9.63 Å². The minimum Gasteiger partial charge on any atom is -0.502 e. The summed E-state index contributed by atoms with van der Waals surface area (Å²) in [5.74, 6) is -3.90. The van der Waals surface area contributed by atoms with E-state index < -0.39 is 17.6 Å². The third-order valence-corrected chi connectivity index (χ3v) is 2.44. The summed E-state index contributed by atoms with van der Waals surface area (Å²) in [5.41, 5.74) is 0.659. The van der Waals surface area contributed by atoms with Crippen molar-refractivity contribution in [3.8, 4) is 0 Å². The largest absolute Gasteiger partial charge is 0.502 e. The van der Waals surface area contributed by atoms with Gasteiger partial charge < -0.3 is 10.2 Å². The van der Waals surface area contributed by atoms with E-state index in [-0.39, 0.29) is 12.4 Å². The fraction of sp³-hybridized carbons (Fsp3) is 0.231. The predicted molar refractivity (Wildman–Crippen MR) is 67.2 cm³/mol. The molecule has 0 aliphatic rings. The van der Waals surface area contributed by atoms with Gasteiger partial charge in [0, 0.05) is 0 Å². The molecule has 108 valence electrons. The Balaban J connectivity index is 2.66. The molecule has 1 rings (SSSR count). The topological polar surface area (TPSA) is 87.1 Å². The fourth-order valence-electron chi connectivity index (χ4n) is 1.47. The minimum atomic E-state index is -1.61. The van der Waals surface area contributed by atoms with Crippen molar-refractivity contribution in [2.75, 3.05) is 13.7 Å². The fourth-order valence-corrected chi connectivity index (χ4v) is 1.47. The van der Waals surface area contributed by atoms with Crippen molar-refractivity contribution >= 4 is 11.9 Å². The van der Waals surface area contributed by atoms with Crippen molar-refractivity contribution in [1.29, 1.82) is 0 Å². The summed E-state index contributed by atoms with van der Waals surface area (Å²) in [5, 5.41) is 18.3. The molecule has 0 saturated carbocycles. The van der Waals surface area contributed by atoms with Crippen molar-refractivity contribution < 1.29 is 29.0 Å². The van der Waals surface area contributed by atoms with Gasteiger partial charge in [0.1, 0.15) is 5.82 Å². The van der Waals surface area contributed by atoms with E-state index in [1.807, 2.05) is 0 Å². The first-order valence-corrected chi connectivity index (χ1v) is 5.68. The third kappa shape index (κ3) is 4.69. The normalized spacial score (nSPS) is 11.2. The van der Waals surface area contributed by atoms with Gasteiger partial charge in [-0.25, -0.2) is 14.2 Å². The van der Waals surface area contributed by atoms with E-state index in [9.17, 15) is 14.0 Å². The monoisotopic (exact) mass is 283 g/mol. The van der Waals surface area contributed by atoms with Crippen LogP contribution < -0.4 is 0 Å². The van der Waals surface area contributed by atoms with Crippen molar-refractivity contribution in [2.45, 2.75) is 6.42 Å². The second-order valence-electron chi connectivity index (χ2n) is 3.84. The molecule has 0 heterocycles. The lowest BCUT2D eigenvalue weighted by atomic mass is 10.1. The first-order valence-electron chi connectivity index (χ1n) is 5.68. The first-order chi connectivity index (χ1) is 9.43. The molecule has 0 unspecified atom stereocenters. The number of aliphatic hydroxyl groups excluding tert-OH is 1. The second kappa shape index (κ2) is 7.25. The van der Waals surface area contributed by atoms with E-state index in [2.05, 4.69) is 0 Å². The standard InChI is InChI=1S/C13H14FNO5/c1-20-15(12(17)8-11(16)13(18)19)6-5-9-3-2-4-10(14)7-9/h2-4,7-8,16H,5-6H2,1H3,(H,18,19)/b11-8-. The minimum absolute atomic E-state index is 0.0855. The number of aliphatic carboxylic acids is 1. The van der Waals surface area contributed by atoms with Crippen LogP contribution in [-0.4, -0.2) is 40.8 Å². The number of hydrogen-bond acceptors (Lipinski definition) is 4. The molecule has 0 radical (unpaired) electrons. The van der Waals surface area contributed by atoms with Gasteiger partial charge >= 0.3 is 5.97 Å². The molecule has 0 aliphatic heterocycles. The number of benzene rings is 1. The van der Waals surface area contributed by atoms with E-state index in [1.165, 1.54) is 19.2 Å². The van der Waals surface area contributed by atoms with Gasteiger partial charge in [0.15, 0.2) is 0 Å². The summed E-state index contributed by atoms with van der Waals surface area (Å²) in [6.07, 6.45) is 0.858. The zero-order chi connectivity index (χ0) is 15.1. The summed E-state index contributed by atoms with van der Waals surface area (Å²) in [6, 6.07) is 5.85. The highest BCUT2D eigenvalue weighted by Gasteiger charge is 2.14. The molecular weight excluding hydrogens is 269 g/mol. The molecule has 7 heteroatoms. The molecule has 0 aliphatic carbocycles. The second-order valence-corrected chi connectivity index (χ2v) is 3.84. The number of carbonyl (C=O) groups excluding carboxylic acids is 1. The van der Waals surface area contributed by atoms with E-state index in [1.54, 1.807) is 12.1 Å². The maximum absolute atomic E-state index is 13.0. The maximum atomic E-state index is 13.0. The molecule has 0 atom stereocenters.